The third-order valence-electron chi connectivity index (χ3n) is 6.43. The van der Waals surface area contributed by atoms with E-state index in [0.717, 1.165) is 17.5 Å². The monoisotopic (exact) mass is 462 g/mol. The minimum Gasteiger partial charge on any atom is -0.467 e. The Morgan fingerprint density at radius 1 is 1.09 bits per heavy atom. The van der Waals surface area contributed by atoms with Crippen LogP contribution in [0.15, 0.2) is 78.4 Å². The molecule has 0 spiro atoms. The van der Waals surface area contributed by atoms with E-state index in [9.17, 15) is 9.59 Å². The molecule has 3 atom stereocenters. The van der Waals surface area contributed by atoms with E-state index in [4.69, 9.17) is 14.2 Å². The maximum atomic E-state index is 12.5. The van der Waals surface area contributed by atoms with Crippen LogP contribution < -0.4 is 10.6 Å². The molecule has 0 fully saturated rings. The number of amides is 1. The molecule has 0 bridgehead atoms. The predicted octanol–water partition coefficient (Wildman–Crippen LogP) is 3.57. The van der Waals surface area contributed by atoms with Crippen LogP contribution in [0.2, 0.25) is 0 Å². The quantitative estimate of drug-likeness (QED) is 0.554. The molecule has 4 rings (SSSR count). The lowest BCUT2D eigenvalue weighted by molar-refractivity contribution is -0.143. The average Bonchev–Trinajstić information content (AvgIpc) is 3.16. The highest BCUT2D eigenvalue weighted by atomic mass is 16.6. The number of fused-ring (bicyclic) bond motifs is 3. The number of allylic oxidation sites excluding steroid dienone is 2. The highest BCUT2D eigenvalue weighted by Gasteiger charge is 2.48. The Labute approximate surface area is 199 Å². The van der Waals surface area contributed by atoms with Crippen LogP contribution in [-0.2, 0) is 31.2 Å². The van der Waals surface area contributed by atoms with E-state index in [1.165, 1.54) is 18.2 Å². The molecule has 0 heterocycles. The third-order valence-corrected chi connectivity index (χ3v) is 6.43. The number of ether oxygens (including phenoxy) is 3. The summed E-state index contributed by atoms with van der Waals surface area (Å²) in [6.07, 6.45) is 6.33. The number of methoxy groups -OCH3 is 2. The zero-order valence-corrected chi connectivity index (χ0v) is 19.5. The molecule has 178 valence electrons. The summed E-state index contributed by atoms with van der Waals surface area (Å²) in [5.74, 6) is -0.434. The van der Waals surface area contributed by atoms with E-state index in [-0.39, 0.29) is 19.1 Å². The molecule has 34 heavy (non-hydrogen) atoms. The van der Waals surface area contributed by atoms with Crippen molar-refractivity contribution in [3.8, 4) is 0 Å². The summed E-state index contributed by atoms with van der Waals surface area (Å²) in [5, 5.41) is 6.24. The van der Waals surface area contributed by atoms with Crippen molar-refractivity contribution in [1.29, 1.82) is 0 Å². The van der Waals surface area contributed by atoms with Crippen molar-refractivity contribution < 1.29 is 23.8 Å². The first-order valence-electron chi connectivity index (χ1n) is 11.3. The zero-order chi connectivity index (χ0) is 24.0. The van der Waals surface area contributed by atoms with E-state index in [1.807, 2.05) is 42.5 Å². The van der Waals surface area contributed by atoms with Crippen molar-refractivity contribution in [3.05, 3.63) is 95.1 Å². The van der Waals surface area contributed by atoms with Gasteiger partial charge < -0.3 is 24.8 Å². The van der Waals surface area contributed by atoms with Crippen molar-refractivity contribution in [2.24, 2.45) is 0 Å². The predicted molar refractivity (Wildman–Crippen MR) is 128 cm³/mol. The molecule has 2 aromatic rings. The standard InChI is InChI=1S/C27H30N2O5/c1-32-18-21-20-12-6-7-13-22(20)27(15-9-8-14-23(21)27)28-16-24(25(30)33-2)29-26(31)34-17-19-10-4-3-5-11-19/h3-14,21,24,28H,15-18H2,1-2H3,(H,29,31). The number of benzene rings is 2. The second-order valence-electron chi connectivity index (χ2n) is 8.42. The van der Waals surface area contributed by atoms with Crippen LogP contribution in [-0.4, -0.2) is 45.5 Å². The molecule has 2 N–H and O–H groups in total. The fraction of sp³-hybridized carbons (Fsp3) is 0.333. The van der Waals surface area contributed by atoms with Gasteiger partial charge in [-0.3, -0.25) is 0 Å². The number of carbonyl (C=O) groups is 2. The number of hydrogen-bond acceptors (Lipinski definition) is 6. The Kier molecular flexibility index (Phi) is 7.45. The number of nitrogens with one attached hydrogen (secondary N) is 2. The van der Waals surface area contributed by atoms with E-state index in [2.05, 4.69) is 41.0 Å². The van der Waals surface area contributed by atoms with Gasteiger partial charge in [0.2, 0.25) is 0 Å². The number of alkyl carbamates (subject to hydrolysis) is 1. The van der Waals surface area contributed by atoms with Crippen molar-refractivity contribution in [3.63, 3.8) is 0 Å². The van der Waals surface area contributed by atoms with Crippen LogP contribution in [0.4, 0.5) is 4.79 Å². The molecule has 0 aromatic heterocycles. The van der Waals surface area contributed by atoms with Crippen LogP contribution in [0.3, 0.4) is 0 Å². The Morgan fingerprint density at radius 3 is 2.62 bits per heavy atom. The lowest BCUT2D eigenvalue weighted by atomic mass is 9.80. The van der Waals surface area contributed by atoms with Gasteiger partial charge in [-0.1, -0.05) is 72.8 Å². The first kappa shape index (κ1) is 23.7. The maximum absolute atomic E-state index is 12.5. The minimum atomic E-state index is -0.913. The maximum Gasteiger partial charge on any atom is 0.408 e. The van der Waals surface area contributed by atoms with Gasteiger partial charge in [-0.05, 0) is 28.7 Å². The van der Waals surface area contributed by atoms with Crippen molar-refractivity contribution in [2.45, 2.75) is 30.5 Å². The van der Waals surface area contributed by atoms with E-state index < -0.39 is 23.6 Å². The van der Waals surface area contributed by atoms with E-state index in [0.29, 0.717) is 6.61 Å². The van der Waals surface area contributed by atoms with Gasteiger partial charge in [0.05, 0.1) is 19.3 Å². The van der Waals surface area contributed by atoms with Gasteiger partial charge in [0.15, 0.2) is 0 Å². The Bertz CT molecular complexity index is 1080. The topological polar surface area (TPSA) is 85.9 Å². The molecule has 0 radical (unpaired) electrons. The summed E-state index contributed by atoms with van der Waals surface area (Å²) in [6, 6.07) is 16.7. The zero-order valence-electron chi connectivity index (χ0n) is 19.5. The Morgan fingerprint density at radius 2 is 1.85 bits per heavy atom. The molecular formula is C27H30N2O5. The van der Waals surface area contributed by atoms with Gasteiger partial charge in [0, 0.05) is 19.6 Å². The van der Waals surface area contributed by atoms with E-state index in [1.54, 1.807) is 7.11 Å². The Balaban J connectivity index is 1.50. The molecular weight excluding hydrogens is 432 g/mol. The van der Waals surface area contributed by atoms with Gasteiger partial charge in [-0.15, -0.1) is 0 Å². The molecule has 2 aliphatic rings. The van der Waals surface area contributed by atoms with Crippen LogP contribution in [0, 0.1) is 0 Å². The SMILES string of the molecule is COCC1C2=CC=CCC2(NCC(NC(=O)OCc2ccccc2)C(=O)OC)c2ccccc21. The molecule has 3 unspecified atom stereocenters. The van der Waals surface area contributed by atoms with Crippen molar-refractivity contribution >= 4 is 12.1 Å². The first-order chi connectivity index (χ1) is 16.6. The van der Waals surface area contributed by atoms with Crippen LogP contribution >= 0.6 is 0 Å². The van der Waals surface area contributed by atoms with Gasteiger partial charge >= 0.3 is 12.1 Å². The second kappa shape index (κ2) is 10.7. The molecule has 0 saturated carbocycles. The molecule has 1 amide bonds. The van der Waals surface area contributed by atoms with Gasteiger partial charge in [-0.2, -0.15) is 0 Å². The molecule has 2 aliphatic carbocycles. The summed E-state index contributed by atoms with van der Waals surface area (Å²) in [7, 11) is 3.01. The number of rotatable bonds is 9. The summed E-state index contributed by atoms with van der Waals surface area (Å²) in [4.78, 5) is 25.0. The lowest BCUT2D eigenvalue weighted by Crippen LogP contribution is -2.53. The first-order valence-corrected chi connectivity index (χ1v) is 11.3. The van der Waals surface area contributed by atoms with Gasteiger partial charge in [0.1, 0.15) is 12.6 Å². The smallest absolute Gasteiger partial charge is 0.408 e. The number of esters is 1. The molecule has 7 nitrogen and oxygen atoms in total. The largest absolute Gasteiger partial charge is 0.467 e. The lowest BCUT2D eigenvalue weighted by Gasteiger charge is -2.36. The van der Waals surface area contributed by atoms with Crippen molar-refractivity contribution in [2.75, 3.05) is 27.4 Å². The number of hydrogen-bond donors (Lipinski definition) is 2. The molecule has 0 saturated heterocycles. The van der Waals surface area contributed by atoms with E-state index >= 15 is 0 Å². The highest BCUT2D eigenvalue weighted by Crippen LogP contribution is 2.52. The van der Waals surface area contributed by atoms with Crippen LogP contribution in [0.25, 0.3) is 0 Å². The highest BCUT2D eigenvalue weighted by molar-refractivity contribution is 5.81. The number of carbonyl (C=O) groups excluding carboxylic acids is 2. The second-order valence-corrected chi connectivity index (χ2v) is 8.42. The fourth-order valence-corrected chi connectivity index (χ4v) is 4.85. The van der Waals surface area contributed by atoms with Gasteiger partial charge in [-0.25, -0.2) is 9.59 Å². The molecule has 2 aromatic carbocycles. The minimum absolute atomic E-state index is 0.110. The van der Waals surface area contributed by atoms with Crippen LogP contribution in [0.1, 0.15) is 29.0 Å². The summed E-state index contributed by atoms with van der Waals surface area (Å²) >= 11 is 0. The van der Waals surface area contributed by atoms with Crippen molar-refractivity contribution in [1.82, 2.24) is 10.6 Å². The fourth-order valence-electron chi connectivity index (χ4n) is 4.85. The Hall–Kier alpha value is -3.42. The third kappa shape index (κ3) is 4.76. The average molecular weight is 463 g/mol. The summed E-state index contributed by atoms with van der Waals surface area (Å²) in [5.41, 5.74) is 3.92. The van der Waals surface area contributed by atoms with Gasteiger partial charge in [0.25, 0.3) is 0 Å². The van der Waals surface area contributed by atoms with Crippen LogP contribution in [0.5, 0.6) is 0 Å². The summed E-state index contributed by atoms with van der Waals surface area (Å²) in [6.45, 7) is 0.846. The summed E-state index contributed by atoms with van der Waals surface area (Å²) < 4.78 is 15.8. The normalized spacial score (nSPS) is 21.1. The molecule has 7 heteroatoms. The molecule has 0 aliphatic heterocycles.